The van der Waals surface area contributed by atoms with Gasteiger partial charge < -0.3 is 20.2 Å². The smallest absolute Gasteiger partial charge is 0.321 e. The summed E-state index contributed by atoms with van der Waals surface area (Å²) in [5.74, 6) is -0.565. The lowest BCUT2D eigenvalue weighted by molar-refractivity contribution is -0.128. The Morgan fingerprint density at radius 3 is 2.39 bits per heavy atom. The number of carbonyl (C=O) groups excluding carboxylic acids is 2. The predicted octanol–water partition coefficient (Wildman–Crippen LogP) is 4.21. The fraction of sp³-hybridized carbons (Fsp3) is 0.516. The molecule has 2 N–H and O–H groups in total. The lowest BCUT2D eigenvalue weighted by atomic mass is 9.97. The van der Waals surface area contributed by atoms with Crippen molar-refractivity contribution in [2.45, 2.75) is 70.0 Å². The molecule has 44 heavy (non-hydrogen) atoms. The van der Waals surface area contributed by atoms with E-state index in [4.69, 9.17) is 0 Å². The largest absolute Gasteiger partial charge is 0.390 e. The van der Waals surface area contributed by atoms with E-state index in [0.29, 0.717) is 19.6 Å². The molecule has 3 heterocycles. The molecular formula is C31H43N5O5S3. The number of urea groups is 1. The fourth-order valence-corrected chi connectivity index (χ4v) is 8.83. The molecule has 3 aromatic rings. The highest BCUT2D eigenvalue weighted by molar-refractivity contribution is 7.91. The normalized spacial score (nSPS) is 16.2. The van der Waals surface area contributed by atoms with Crippen molar-refractivity contribution in [1.29, 1.82) is 0 Å². The minimum Gasteiger partial charge on any atom is -0.390 e. The first-order valence-electron chi connectivity index (χ1n) is 14.9. The van der Waals surface area contributed by atoms with Crippen LogP contribution in [0, 0.1) is 18.8 Å². The lowest BCUT2D eigenvalue weighted by Crippen LogP contribution is -2.57. The second kappa shape index (κ2) is 15.0. The van der Waals surface area contributed by atoms with E-state index in [-0.39, 0.29) is 47.5 Å². The van der Waals surface area contributed by atoms with Crippen molar-refractivity contribution in [3.8, 4) is 0 Å². The number of aliphatic hydroxyl groups excluding tert-OH is 1. The van der Waals surface area contributed by atoms with Gasteiger partial charge in [0.2, 0.25) is 5.91 Å². The van der Waals surface area contributed by atoms with Crippen LogP contribution in [0.25, 0.3) is 0 Å². The van der Waals surface area contributed by atoms with Crippen LogP contribution in [-0.2, 0) is 27.8 Å². The summed E-state index contributed by atoms with van der Waals surface area (Å²) in [7, 11) is -3.85. The Hall–Kier alpha value is -2.84. The van der Waals surface area contributed by atoms with Gasteiger partial charge in [-0.15, -0.1) is 22.7 Å². The molecule has 1 saturated heterocycles. The van der Waals surface area contributed by atoms with Gasteiger partial charge in [0.25, 0.3) is 10.0 Å². The highest BCUT2D eigenvalue weighted by Crippen LogP contribution is 2.24. The number of carbonyl (C=O) groups is 2. The summed E-state index contributed by atoms with van der Waals surface area (Å²) in [6.45, 7) is 10.8. The van der Waals surface area contributed by atoms with Crippen molar-refractivity contribution >= 4 is 44.6 Å². The van der Waals surface area contributed by atoms with Crippen LogP contribution in [0.1, 0.15) is 44.0 Å². The molecule has 0 radical (unpaired) electrons. The van der Waals surface area contributed by atoms with Gasteiger partial charge in [0.1, 0.15) is 10.3 Å². The third-order valence-corrected chi connectivity index (χ3v) is 11.5. The van der Waals surface area contributed by atoms with Crippen LogP contribution in [0.2, 0.25) is 0 Å². The molecule has 1 aliphatic heterocycles. The standard InChI is InChI=1S/C31H43N5O5S3/c1-21(2)17-35(44(40,41)28-12-9-15-42-28)19-27(37)26(16-24-10-7-6-8-11-24)33-30(38)29(22(3)4)36-14-13-34(31(36)39)18-25-20-43-23(5)32-25/h6-12,15,20-22,26-27,29,37H,13-14,16-19H2,1-5H3,(H,33,38)/t26-,27+,29?/m0/s1. The van der Waals surface area contributed by atoms with Gasteiger partial charge in [0.15, 0.2) is 0 Å². The summed E-state index contributed by atoms with van der Waals surface area (Å²) >= 11 is 2.66. The molecule has 240 valence electrons. The maximum absolute atomic E-state index is 14.0. The minimum atomic E-state index is -3.85. The number of nitrogens with zero attached hydrogens (tertiary/aromatic N) is 4. The van der Waals surface area contributed by atoms with Crippen molar-refractivity contribution in [2.75, 3.05) is 26.2 Å². The van der Waals surface area contributed by atoms with Gasteiger partial charge in [0, 0.05) is 31.6 Å². The Labute approximate surface area is 268 Å². The van der Waals surface area contributed by atoms with E-state index in [1.807, 2.05) is 70.3 Å². The van der Waals surface area contributed by atoms with Crippen LogP contribution < -0.4 is 5.32 Å². The highest BCUT2D eigenvalue weighted by Gasteiger charge is 2.40. The Balaban J connectivity index is 1.55. The second-order valence-electron chi connectivity index (χ2n) is 12.0. The third-order valence-electron chi connectivity index (χ3n) is 7.52. The average molecular weight is 662 g/mol. The zero-order chi connectivity index (χ0) is 32.0. The molecule has 0 saturated carbocycles. The van der Waals surface area contributed by atoms with Gasteiger partial charge in [-0.3, -0.25) is 4.79 Å². The molecule has 3 atom stereocenters. The maximum atomic E-state index is 14.0. The molecule has 3 amide bonds. The molecule has 1 aliphatic rings. The average Bonchev–Trinajstić information content (AvgIpc) is 3.72. The number of benzene rings is 1. The number of hydrogen-bond donors (Lipinski definition) is 2. The SMILES string of the molecule is Cc1nc(CN2CCN(C(C(=O)N[C@@H](Cc3ccccc3)[C@H](O)CN(CC(C)C)S(=O)(=O)c3cccs3)C(C)C)C2=O)cs1. The number of amides is 3. The minimum absolute atomic E-state index is 0.0155. The summed E-state index contributed by atoms with van der Waals surface area (Å²) in [5.41, 5.74) is 1.71. The van der Waals surface area contributed by atoms with Crippen LogP contribution in [0.15, 0.2) is 57.4 Å². The van der Waals surface area contributed by atoms with Crippen molar-refractivity contribution in [2.24, 2.45) is 11.8 Å². The Morgan fingerprint density at radius 1 is 1.07 bits per heavy atom. The molecule has 10 nitrogen and oxygen atoms in total. The Kier molecular flexibility index (Phi) is 11.6. The Morgan fingerprint density at radius 2 is 1.80 bits per heavy atom. The molecule has 13 heteroatoms. The summed E-state index contributed by atoms with van der Waals surface area (Å²) in [6, 6.07) is 10.9. The molecule has 0 aliphatic carbocycles. The van der Waals surface area contributed by atoms with Crippen LogP contribution in [0.4, 0.5) is 4.79 Å². The molecule has 0 spiro atoms. The second-order valence-corrected chi connectivity index (χ2v) is 16.1. The van der Waals surface area contributed by atoms with Crippen molar-refractivity contribution in [3.63, 3.8) is 0 Å². The number of sulfonamides is 1. The maximum Gasteiger partial charge on any atom is 0.321 e. The molecule has 1 fully saturated rings. The molecule has 1 aromatic carbocycles. The summed E-state index contributed by atoms with van der Waals surface area (Å²) < 4.78 is 28.6. The van der Waals surface area contributed by atoms with Crippen LogP contribution in [-0.4, -0.2) is 88.9 Å². The van der Waals surface area contributed by atoms with Gasteiger partial charge >= 0.3 is 6.03 Å². The van der Waals surface area contributed by atoms with Crippen molar-refractivity contribution in [3.05, 3.63) is 69.5 Å². The Bertz CT molecular complexity index is 1480. The fourth-order valence-electron chi connectivity index (χ4n) is 5.46. The number of thiazole rings is 1. The third kappa shape index (κ3) is 8.45. The molecule has 2 aromatic heterocycles. The van der Waals surface area contributed by atoms with Gasteiger partial charge in [-0.05, 0) is 42.2 Å². The van der Waals surface area contributed by atoms with E-state index >= 15 is 0 Å². The zero-order valence-corrected chi connectivity index (χ0v) is 28.4. The van der Waals surface area contributed by atoms with Crippen molar-refractivity contribution < 1.29 is 23.1 Å². The predicted molar refractivity (Wildman–Crippen MR) is 174 cm³/mol. The highest BCUT2D eigenvalue weighted by atomic mass is 32.2. The van der Waals surface area contributed by atoms with Crippen LogP contribution >= 0.6 is 22.7 Å². The summed E-state index contributed by atoms with van der Waals surface area (Å²) in [6.07, 6.45) is -0.921. The van der Waals surface area contributed by atoms with Gasteiger partial charge in [-0.25, -0.2) is 18.2 Å². The number of aliphatic hydroxyl groups is 1. The summed E-state index contributed by atoms with van der Waals surface area (Å²) in [5, 5.41) is 19.2. The number of aryl methyl sites for hydroxylation is 1. The first-order chi connectivity index (χ1) is 20.9. The quantitative estimate of drug-likeness (QED) is 0.252. The van der Waals surface area contributed by atoms with Crippen molar-refractivity contribution in [1.82, 2.24) is 24.4 Å². The van der Waals surface area contributed by atoms with E-state index in [0.717, 1.165) is 27.6 Å². The van der Waals surface area contributed by atoms with E-state index in [1.54, 1.807) is 27.3 Å². The van der Waals surface area contributed by atoms with E-state index in [1.165, 1.54) is 15.6 Å². The van der Waals surface area contributed by atoms with E-state index in [9.17, 15) is 23.1 Å². The number of rotatable bonds is 15. The molecular weight excluding hydrogens is 619 g/mol. The number of hydrogen-bond acceptors (Lipinski definition) is 8. The molecule has 4 rings (SSSR count). The summed E-state index contributed by atoms with van der Waals surface area (Å²) in [4.78, 5) is 35.2. The van der Waals surface area contributed by atoms with E-state index in [2.05, 4.69) is 10.3 Å². The molecule has 1 unspecified atom stereocenters. The first-order valence-corrected chi connectivity index (χ1v) is 18.1. The zero-order valence-electron chi connectivity index (χ0n) is 25.9. The first kappa shape index (κ1) is 34.0. The van der Waals surface area contributed by atoms with Gasteiger partial charge in [0.05, 0.1) is 29.4 Å². The van der Waals surface area contributed by atoms with Gasteiger partial charge in [-0.1, -0.05) is 64.1 Å². The lowest BCUT2D eigenvalue weighted by Gasteiger charge is -2.34. The molecule has 0 bridgehead atoms. The number of nitrogens with one attached hydrogen (secondary N) is 1. The van der Waals surface area contributed by atoms with E-state index < -0.39 is 28.2 Å². The van der Waals surface area contributed by atoms with Crippen LogP contribution in [0.3, 0.4) is 0 Å². The van der Waals surface area contributed by atoms with Gasteiger partial charge in [-0.2, -0.15) is 4.31 Å². The number of thiophene rings is 1. The number of aromatic nitrogens is 1. The topological polar surface area (TPSA) is 123 Å². The monoisotopic (exact) mass is 661 g/mol. The van der Waals surface area contributed by atoms with Crippen LogP contribution in [0.5, 0.6) is 0 Å².